The lowest BCUT2D eigenvalue weighted by Gasteiger charge is -2.13. The first kappa shape index (κ1) is 14.3. The summed E-state index contributed by atoms with van der Waals surface area (Å²) in [7, 11) is -3.31. The van der Waals surface area contributed by atoms with E-state index in [1.54, 1.807) is 19.1 Å². The largest absolute Gasteiger partial charge is 0.397 e. The number of rotatable bonds is 3. The molecule has 20 heavy (non-hydrogen) atoms. The average molecular weight is 294 g/mol. The van der Waals surface area contributed by atoms with E-state index in [0.717, 1.165) is 11.8 Å². The normalized spacial score (nSPS) is 11.3. The Hall–Kier alpha value is -2.08. The fourth-order valence-electron chi connectivity index (χ4n) is 1.81. The number of para-hydroxylation sites is 1. The van der Waals surface area contributed by atoms with Crippen LogP contribution in [0, 0.1) is 12.7 Å². The summed E-state index contributed by atoms with van der Waals surface area (Å²) in [5.41, 5.74) is 7.58. The van der Waals surface area contributed by atoms with E-state index in [-0.39, 0.29) is 10.6 Å². The number of sulfone groups is 1. The third-order valence-corrected chi connectivity index (χ3v) is 4.04. The second kappa shape index (κ2) is 5.13. The highest BCUT2D eigenvalue weighted by atomic mass is 32.2. The Morgan fingerprint density at radius 1 is 1.20 bits per heavy atom. The SMILES string of the molecule is Cc1cccc(F)c1Nc1ccc(S(C)(=O)=O)cc1N. The van der Waals surface area contributed by atoms with Gasteiger partial charge in [-0.2, -0.15) is 0 Å². The molecule has 0 amide bonds. The van der Waals surface area contributed by atoms with Crippen LogP contribution in [-0.4, -0.2) is 14.7 Å². The van der Waals surface area contributed by atoms with Crippen molar-refractivity contribution in [2.75, 3.05) is 17.3 Å². The maximum atomic E-state index is 13.7. The zero-order valence-electron chi connectivity index (χ0n) is 11.1. The Morgan fingerprint density at radius 2 is 1.90 bits per heavy atom. The summed E-state index contributed by atoms with van der Waals surface area (Å²) in [6.45, 7) is 1.77. The molecule has 0 heterocycles. The first-order valence-electron chi connectivity index (χ1n) is 5.91. The zero-order valence-corrected chi connectivity index (χ0v) is 12.0. The van der Waals surface area contributed by atoms with Gasteiger partial charge in [-0.3, -0.25) is 0 Å². The second-order valence-corrected chi connectivity index (χ2v) is 6.59. The average Bonchev–Trinajstić information content (AvgIpc) is 2.34. The highest BCUT2D eigenvalue weighted by molar-refractivity contribution is 7.90. The summed E-state index contributed by atoms with van der Waals surface area (Å²) in [5, 5.41) is 2.89. The van der Waals surface area contributed by atoms with Gasteiger partial charge in [-0.15, -0.1) is 0 Å². The highest BCUT2D eigenvalue weighted by Gasteiger charge is 2.11. The molecule has 0 spiro atoms. The topological polar surface area (TPSA) is 72.2 Å². The summed E-state index contributed by atoms with van der Waals surface area (Å²) in [6, 6.07) is 9.05. The van der Waals surface area contributed by atoms with Gasteiger partial charge in [0, 0.05) is 6.26 Å². The lowest BCUT2D eigenvalue weighted by molar-refractivity contribution is 0.602. The van der Waals surface area contributed by atoms with Crippen LogP contribution in [0.5, 0.6) is 0 Å². The van der Waals surface area contributed by atoms with Crippen LogP contribution in [0.25, 0.3) is 0 Å². The van der Waals surface area contributed by atoms with Gasteiger partial charge in [-0.05, 0) is 36.8 Å². The van der Waals surface area contributed by atoms with Gasteiger partial charge >= 0.3 is 0 Å². The Balaban J connectivity index is 2.41. The van der Waals surface area contributed by atoms with Crippen LogP contribution in [0.2, 0.25) is 0 Å². The predicted octanol–water partition coefficient (Wildman–Crippen LogP) is 2.86. The van der Waals surface area contributed by atoms with Crippen molar-refractivity contribution in [1.29, 1.82) is 0 Å². The summed E-state index contributed by atoms with van der Waals surface area (Å²) in [6.07, 6.45) is 1.11. The molecule has 2 aromatic carbocycles. The molecule has 0 aliphatic heterocycles. The molecule has 0 saturated carbocycles. The van der Waals surface area contributed by atoms with Gasteiger partial charge in [0.25, 0.3) is 0 Å². The van der Waals surface area contributed by atoms with E-state index in [9.17, 15) is 12.8 Å². The molecular weight excluding hydrogens is 279 g/mol. The first-order chi connectivity index (χ1) is 9.29. The molecule has 3 N–H and O–H groups in total. The van der Waals surface area contributed by atoms with Crippen molar-refractivity contribution in [2.24, 2.45) is 0 Å². The van der Waals surface area contributed by atoms with Crippen molar-refractivity contribution >= 4 is 26.9 Å². The van der Waals surface area contributed by atoms with E-state index < -0.39 is 15.7 Å². The van der Waals surface area contributed by atoms with Crippen molar-refractivity contribution in [3.63, 3.8) is 0 Å². The van der Waals surface area contributed by atoms with Crippen LogP contribution in [0.15, 0.2) is 41.3 Å². The number of halogens is 1. The number of nitrogens with two attached hydrogens (primary N) is 1. The van der Waals surface area contributed by atoms with Crippen LogP contribution in [0.4, 0.5) is 21.5 Å². The van der Waals surface area contributed by atoms with Crippen molar-refractivity contribution in [3.05, 3.63) is 47.8 Å². The van der Waals surface area contributed by atoms with E-state index in [1.165, 1.54) is 24.3 Å². The van der Waals surface area contributed by atoms with Crippen molar-refractivity contribution in [3.8, 4) is 0 Å². The Morgan fingerprint density at radius 3 is 2.45 bits per heavy atom. The minimum atomic E-state index is -3.31. The molecule has 6 heteroatoms. The van der Waals surface area contributed by atoms with Gasteiger partial charge in [0.15, 0.2) is 9.84 Å². The Labute approximate surface area is 117 Å². The fourth-order valence-corrected chi connectivity index (χ4v) is 2.47. The summed E-state index contributed by atoms with van der Waals surface area (Å²) in [5.74, 6) is -0.392. The monoisotopic (exact) mass is 294 g/mol. The van der Waals surface area contributed by atoms with E-state index in [2.05, 4.69) is 5.32 Å². The van der Waals surface area contributed by atoms with E-state index in [1.807, 2.05) is 0 Å². The minimum Gasteiger partial charge on any atom is -0.397 e. The lowest BCUT2D eigenvalue weighted by atomic mass is 10.1. The predicted molar refractivity (Wildman–Crippen MR) is 78.4 cm³/mol. The maximum absolute atomic E-state index is 13.7. The molecule has 0 unspecified atom stereocenters. The first-order valence-corrected chi connectivity index (χ1v) is 7.80. The molecule has 4 nitrogen and oxygen atoms in total. The molecule has 2 rings (SSSR count). The zero-order chi connectivity index (χ0) is 14.9. The van der Waals surface area contributed by atoms with E-state index in [0.29, 0.717) is 11.4 Å². The van der Waals surface area contributed by atoms with Crippen LogP contribution in [0.3, 0.4) is 0 Å². The number of benzene rings is 2. The van der Waals surface area contributed by atoms with Crippen LogP contribution >= 0.6 is 0 Å². The van der Waals surface area contributed by atoms with Gasteiger partial charge in [0.1, 0.15) is 5.82 Å². The van der Waals surface area contributed by atoms with Crippen LogP contribution in [-0.2, 0) is 9.84 Å². The quantitative estimate of drug-likeness (QED) is 0.854. The van der Waals surface area contributed by atoms with Gasteiger partial charge < -0.3 is 11.1 Å². The third kappa shape index (κ3) is 2.91. The summed E-state index contributed by atoms with van der Waals surface area (Å²) < 4.78 is 36.6. The van der Waals surface area contributed by atoms with E-state index >= 15 is 0 Å². The van der Waals surface area contributed by atoms with Gasteiger partial charge in [-0.1, -0.05) is 12.1 Å². The minimum absolute atomic E-state index is 0.130. The number of anilines is 3. The van der Waals surface area contributed by atoms with Crippen LogP contribution in [0.1, 0.15) is 5.56 Å². The fraction of sp³-hybridized carbons (Fsp3) is 0.143. The molecule has 0 atom stereocenters. The van der Waals surface area contributed by atoms with Crippen molar-refractivity contribution in [1.82, 2.24) is 0 Å². The molecule has 0 aliphatic rings. The molecule has 2 aromatic rings. The molecule has 0 fully saturated rings. The van der Waals surface area contributed by atoms with Gasteiger partial charge in [-0.25, -0.2) is 12.8 Å². The number of hydrogen-bond acceptors (Lipinski definition) is 4. The molecule has 0 aromatic heterocycles. The Kier molecular flexibility index (Phi) is 3.67. The smallest absolute Gasteiger partial charge is 0.175 e. The Bertz CT molecular complexity index is 738. The molecule has 0 bridgehead atoms. The number of nitrogens with one attached hydrogen (secondary N) is 1. The molecule has 0 radical (unpaired) electrons. The standard InChI is InChI=1S/C14H15FN2O2S/c1-9-4-3-5-11(15)14(9)17-13-7-6-10(8-12(13)16)20(2,18)19/h3-8,17H,16H2,1-2H3. The number of nitrogen functional groups attached to an aromatic ring is 1. The highest BCUT2D eigenvalue weighted by Crippen LogP contribution is 2.29. The van der Waals surface area contributed by atoms with Crippen molar-refractivity contribution in [2.45, 2.75) is 11.8 Å². The second-order valence-electron chi connectivity index (χ2n) is 4.58. The van der Waals surface area contributed by atoms with Gasteiger partial charge in [0.05, 0.1) is 22.0 Å². The number of hydrogen-bond donors (Lipinski definition) is 2. The van der Waals surface area contributed by atoms with Gasteiger partial charge in [0.2, 0.25) is 0 Å². The third-order valence-electron chi connectivity index (χ3n) is 2.93. The molecule has 106 valence electrons. The molecule has 0 aliphatic carbocycles. The van der Waals surface area contributed by atoms with E-state index in [4.69, 9.17) is 5.73 Å². The lowest BCUT2D eigenvalue weighted by Crippen LogP contribution is -2.03. The summed E-state index contributed by atoms with van der Waals surface area (Å²) in [4.78, 5) is 0.130. The number of aryl methyl sites for hydroxylation is 1. The maximum Gasteiger partial charge on any atom is 0.175 e. The summed E-state index contributed by atoms with van der Waals surface area (Å²) >= 11 is 0. The molecule has 0 saturated heterocycles. The van der Waals surface area contributed by atoms with Crippen molar-refractivity contribution < 1.29 is 12.8 Å². The molecular formula is C14H15FN2O2S. The van der Waals surface area contributed by atoms with Crippen LogP contribution < -0.4 is 11.1 Å².